The quantitative estimate of drug-likeness (QED) is 0.179. The van der Waals surface area contributed by atoms with Crippen LogP contribution in [-0.4, -0.2) is 87.8 Å². The van der Waals surface area contributed by atoms with Gasteiger partial charge in [-0.2, -0.15) is 8.42 Å². The van der Waals surface area contributed by atoms with E-state index in [1.165, 1.54) is 20.8 Å². The minimum atomic E-state index is -4.56. The zero-order valence-electron chi connectivity index (χ0n) is 17.1. The first-order valence-electron chi connectivity index (χ1n) is 7.12. The van der Waals surface area contributed by atoms with Crippen LogP contribution in [0.3, 0.4) is 0 Å². The normalized spacial score (nSPS) is 10.9. The number of hydrogen-bond acceptors (Lipinski definition) is 8. The predicted octanol–water partition coefficient (Wildman–Crippen LogP) is 0.854. The second-order valence-electron chi connectivity index (χ2n) is 5.48. The van der Waals surface area contributed by atoms with Crippen molar-refractivity contribution in [3.05, 3.63) is 24.3 Å². The van der Waals surface area contributed by atoms with Crippen LogP contribution in [0.25, 0.3) is 0 Å². The third-order valence-corrected chi connectivity index (χ3v) is 3.52. The van der Waals surface area contributed by atoms with Crippen LogP contribution in [0.2, 0.25) is 0 Å². The van der Waals surface area contributed by atoms with Gasteiger partial charge in [-0.1, -0.05) is 20.1 Å². The Hall–Kier alpha value is -0.940. The van der Waals surface area contributed by atoms with Gasteiger partial charge in [0.2, 0.25) is 5.94 Å². The summed E-state index contributed by atoms with van der Waals surface area (Å²) in [6.07, 6.45) is -0.00967. The van der Waals surface area contributed by atoms with Crippen molar-refractivity contribution in [3.8, 4) is 0 Å². The van der Waals surface area contributed by atoms with Gasteiger partial charge in [-0.15, -0.1) is 0 Å². The Morgan fingerprint density at radius 1 is 1.00 bits per heavy atom. The molecule has 0 aromatic heterocycles. The summed E-state index contributed by atoms with van der Waals surface area (Å²) in [4.78, 5) is 35.4. The fourth-order valence-electron chi connectivity index (χ4n) is 1.44. The molecule has 0 spiro atoms. The van der Waals surface area contributed by atoms with Crippen LogP contribution < -0.4 is 0 Å². The summed E-state index contributed by atoms with van der Waals surface area (Å²) in [6, 6.07) is 0. The SMILES string of the molecule is C=C(C)C(=O)OCC(CC)(COC(=O)C(=C)C)C(=O)OCS(=O)(=O)O.[Ca+2].[H-].[H-]. The smallest absolute Gasteiger partial charge is 1.00 e. The van der Waals surface area contributed by atoms with E-state index in [2.05, 4.69) is 17.9 Å². The van der Waals surface area contributed by atoms with Crippen molar-refractivity contribution in [1.29, 1.82) is 0 Å². The molecular weight excluding hydrogens is 396 g/mol. The first-order valence-corrected chi connectivity index (χ1v) is 8.73. The molecule has 0 amide bonds. The molecule has 9 nitrogen and oxygen atoms in total. The summed E-state index contributed by atoms with van der Waals surface area (Å²) >= 11 is 0. The van der Waals surface area contributed by atoms with Crippen molar-refractivity contribution >= 4 is 65.8 Å². The van der Waals surface area contributed by atoms with Crippen molar-refractivity contribution in [2.75, 3.05) is 19.2 Å². The van der Waals surface area contributed by atoms with E-state index in [4.69, 9.17) is 14.0 Å². The molecule has 0 aromatic carbocycles. The van der Waals surface area contributed by atoms with E-state index < -0.39 is 52.6 Å². The fraction of sp³-hybridized carbons (Fsp3) is 0.533. The molecule has 0 saturated heterocycles. The van der Waals surface area contributed by atoms with E-state index in [1.807, 2.05) is 0 Å². The van der Waals surface area contributed by atoms with Gasteiger partial charge in [0, 0.05) is 11.1 Å². The van der Waals surface area contributed by atoms with Gasteiger partial charge in [-0.05, 0) is 20.3 Å². The number of rotatable bonds is 10. The zero-order valence-corrected chi connectivity index (χ0v) is 18.1. The summed E-state index contributed by atoms with van der Waals surface area (Å²) in [7, 11) is -4.56. The molecule has 0 aliphatic carbocycles. The number of carbonyl (C=O) groups is 3. The van der Waals surface area contributed by atoms with Gasteiger partial charge in [0.15, 0.2) is 0 Å². The molecule has 0 radical (unpaired) electrons. The fourth-order valence-corrected chi connectivity index (χ4v) is 1.70. The molecule has 0 rings (SSSR count). The maximum absolute atomic E-state index is 12.3. The van der Waals surface area contributed by atoms with Crippen molar-refractivity contribution < 1.29 is 44.4 Å². The second-order valence-corrected chi connectivity index (χ2v) is 6.88. The van der Waals surface area contributed by atoms with Crippen molar-refractivity contribution in [3.63, 3.8) is 0 Å². The predicted molar refractivity (Wildman–Crippen MR) is 94.8 cm³/mol. The van der Waals surface area contributed by atoms with Crippen LogP contribution in [0.15, 0.2) is 24.3 Å². The van der Waals surface area contributed by atoms with Crippen molar-refractivity contribution in [1.82, 2.24) is 0 Å². The van der Waals surface area contributed by atoms with Gasteiger partial charge in [-0.25, -0.2) is 9.59 Å². The second kappa shape index (κ2) is 11.7. The van der Waals surface area contributed by atoms with Gasteiger partial charge in [0.25, 0.3) is 0 Å². The molecule has 0 atom stereocenters. The van der Waals surface area contributed by atoms with E-state index >= 15 is 0 Å². The molecule has 0 bridgehead atoms. The van der Waals surface area contributed by atoms with Gasteiger partial charge in [0.1, 0.15) is 18.6 Å². The summed E-state index contributed by atoms with van der Waals surface area (Å²) in [5.74, 6) is -3.97. The molecule has 0 saturated carbocycles. The van der Waals surface area contributed by atoms with Gasteiger partial charge in [-0.3, -0.25) is 9.35 Å². The van der Waals surface area contributed by atoms with Gasteiger partial charge < -0.3 is 17.1 Å². The minimum Gasteiger partial charge on any atom is -1.00 e. The molecule has 26 heavy (non-hydrogen) atoms. The standard InChI is InChI=1S/C15H22O9S.Ca.2H/c1-6-15(7-22-12(16)10(2)3,8-23-13(17)11(4)5)14(18)24-9-25(19,20)21;;;/h2,4,6-9H2,1,3,5H3,(H,19,20,21);;;/q;+2;2*-1. The third-order valence-electron chi connectivity index (χ3n) is 3.10. The molecule has 146 valence electrons. The van der Waals surface area contributed by atoms with Crippen LogP contribution in [0.1, 0.15) is 30.0 Å². The van der Waals surface area contributed by atoms with E-state index in [-0.39, 0.29) is 58.2 Å². The first kappa shape index (κ1) is 27.3. The Balaban J connectivity index is -0.000000960. The van der Waals surface area contributed by atoms with Gasteiger partial charge >= 0.3 is 65.8 Å². The zero-order chi connectivity index (χ0) is 19.8. The number of ether oxygens (including phenoxy) is 3. The summed E-state index contributed by atoms with van der Waals surface area (Å²) < 4.78 is 44.6. The topological polar surface area (TPSA) is 133 Å². The summed E-state index contributed by atoms with van der Waals surface area (Å²) in [5, 5.41) is 0. The van der Waals surface area contributed by atoms with Gasteiger partial charge in [0.05, 0.1) is 0 Å². The van der Waals surface area contributed by atoms with E-state index in [0.717, 1.165) is 0 Å². The maximum Gasteiger partial charge on any atom is 2.00 e. The molecule has 11 heteroatoms. The monoisotopic (exact) mass is 420 g/mol. The Morgan fingerprint density at radius 3 is 1.65 bits per heavy atom. The van der Waals surface area contributed by atoms with E-state index in [0.29, 0.717) is 0 Å². The summed E-state index contributed by atoms with van der Waals surface area (Å²) in [5.41, 5.74) is -1.49. The number of hydrogen-bond donors (Lipinski definition) is 1. The van der Waals surface area contributed by atoms with E-state index in [9.17, 15) is 22.8 Å². The molecule has 0 aromatic rings. The van der Waals surface area contributed by atoms with Crippen molar-refractivity contribution in [2.24, 2.45) is 5.41 Å². The van der Waals surface area contributed by atoms with Crippen LogP contribution >= 0.6 is 0 Å². The molecule has 0 fully saturated rings. The Labute approximate surface area is 185 Å². The Kier molecular flexibility index (Phi) is 12.3. The molecule has 0 aliphatic heterocycles. The molecule has 0 unspecified atom stereocenters. The maximum atomic E-state index is 12.3. The van der Waals surface area contributed by atoms with Crippen LogP contribution in [0, 0.1) is 5.41 Å². The van der Waals surface area contributed by atoms with E-state index in [1.54, 1.807) is 0 Å². The molecular formula is C15H24CaO9S. The summed E-state index contributed by atoms with van der Waals surface area (Å²) in [6.45, 7) is 10.0. The Morgan fingerprint density at radius 2 is 1.38 bits per heavy atom. The number of carbonyl (C=O) groups excluding carboxylic acids is 3. The van der Waals surface area contributed by atoms with Crippen LogP contribution in [0.5, 0.6) is 0 Å². The largest absolute Gasteiger partial charge is 2.00 e. The minimum absolute atomic E-state index is 0. The Bertz CT molecular complexity index is 647. The average molecular weight is 420 g/mol. The average Bonchev–Trinajstić information content (AvgIpc) is 2.51. The van der Waals surface area contributed by atoms with Crippen LogP contribution in [0.4, 0.5) is 0 Å². The molecule has 0 heterocycles. The van der Waals surface area contributed by atoms with Crippen molar-refractivity contribution in [2.45, 2.75) is 27.2 Å². The molecule has 0 aliphatic rings. The first-order chi connectivity index (χ1) is 11.3. The van der Waals surface area contributed by atoms with Crippen LogP contribution in [-0.2, 0) is 38.7 Å². The molecule has 1 N–H and O–H groups in total. The number of esters is 3. The third kappa shape index (κ3) is 9.67.